The quantitative estimate of drug-likeness (QED) is 0.00663. The molecule has 0 aliphatic rings. The van der Waals surface area contributed by atoms with Crippen LogP contribution in [0.1, 0.15) is 182 Å². The normalized spacial score (nSPS) is 12.3. The molecule has 0 fully saturated rings. The Labute approximate surface area is 476 Å². The summed E-state index contributed by atoms with van der Waals surface area (Å²) >= 11 is 0. The number of rotatable bonds is 47. The van der Waals surface area contributed by atoms with E-state index < -0.39 is 37.9 Å². The van der Waals surface area contributed by atoms with Crippen molar-refractivity contribution in [2.75, 3.05) is 59.4 Å². The molecule has 0 heterocycles. The molecule has 1 unspecified atom stereocenters. The van der Waals surface area contributed by atoms with Crippen LogP contribution in [0.2, 0.25) is 0 Å². The summed E-state index contributed by atoms with van der Waals surface area (Å²) in [6.07, 6.45) is 33.6. The highest BCUT2D eigenvalue weighted by Crippen LogP contribution is 2.49. The van der Waals surface area contributed by atoms with Crippen molar-refractivity contribution in [3.05, 3.63) is 33.5 Å². The van der Waals surface area contributed by atoms with Crippen molar-refractivity contribution in [2.45, 2.75) is 192 Å². The van der Waals surface area contributed by atoms with Gasteiger partial charge in [-0.05, 0) is 71.3 Å². The third-order valence-electron chi connectivity index (χ3n) is 10.7. The first kappa shape index (κ1) is 73.3. The Hall–Kier alpha value is -5.82. The van der Waals surface area contributed by atoms with Crippen LogP contribution in [0.3, 0.4) is 0 Å². The predicted octanol–water partition coefficient (Wildman–Crippen LogP) is 13.5. The first-order chi connectivity index (χ1) is 37.5. The molecule has 0 aromatic carbocycles. The average molecular weight is 1110 g/mol. The third kappa shape index (κ3) is 52.0. The van der Waals surface area contributed by atoms with Crippen molar-refractivity contribution < 1.29 is 70.8 Å². The van der Waals surface area contributed by atoms with Crippen LogP contribution in [0, 0.1) is 72.1 Å². The molecule has 0 aromatic heterocycles. The van der Waals surface area contributed by atoms with Gasteiger partial charge in [0.15, 0.2) is 13.7 Å². The molecule has 0 saturated carbocycles. The summed E-state index contributed by atoms with van der Waals surface area (Å²) in [6.45, 7) is 7.31. The summed E-state index contributed by atoms with van der Waals surface area (Å²) in [7, 11) is 0.905. The Morgan fingerprint density at radius 2 is 1.10 bits per heavy atom. The van der Waals surface area contributed by atoms with Crippen LogP contribution in [-0.4, -0.2) is 114 Å². The van der Waals surface area contributed by atoms with Gasteiger partial charge in [-0.2, -0.15) is 0 Å². The number of unbranched alkanes of at least 4 members (excludes halogenated alkanes) is 16. The lowest BCUT2D eigenvalue weighted by Gasteiger charge is -2.20. The molecule has 0 spiro atoms. The largest absolute Gasteiger partial charge is 0.475 e. The lowest BCUT2D eigenvalue weighted by atomic mass is 10.1. The molecule has 0 rings (SSSR count). The van der Waals surface area contributed by atoms with Gasteiger partial charge in [0.05, 0.1) is 64.9 Å². The van der Waals surface area contributed by atoms with Crippen LogP contribution in [0.25, 0.3) is 20.9 Å². The second-order valence-electron chi connectivity index (χ2n) is 17.3. The van der Waals surface area contributed by atoms with Crippen LogP contribution < -0.4 is 5.32 Å². The zero-order valence-corrected chi connectivity index (χ0v) is 46.6. The molecule has 0 saturated heterocycles. The molecule has 0 aliphatic carbocycles. The maximum atomic E-state index is 12.9. The number of terminal acetylenes is 2. The fourth-order valence-corrected chi connectivity index (χ4v) is 7.81. The van der Waals surface area contributed by atoms with Gasteiger partial charge in [-0.1, -0.05) is 145 Å². The minimum atomic E-state index is -4.09. The van der Waals surface area contributed by atoms with E-state index in [-0.39, 0.29) is 92.0 Å². The van der Waals surface area contributed by atoms with Gasteiger partial charge >= 0.3 is 19.8 Å². The van der Waals surface area contributed by atoms with Crippen molar-refractivity contribution in [1.82, 2.24) is 5.32 Å². The van der Waals surface area contributed by atoms with Crippen LogP contribution in [-0.2, 0) is 46.7 Å². The molecular formula is C56H103BN7O12P. The number of carbonyl (C=O) groups excluding carboxylic acids is 3. The van der Waals surface area contributed by atoms with Gasteiger partial charge in [-0.3, -0.25) is 28.0 Å². The number of nitrogens with zero attached hydrogens (tertiary/aromatic N) is 6. The maximum Gasteiger partial charge on any atom is 0.475 e. The van der Waals surface area contributed by atoms with Crippen molar-refractivity contribution in [2.24, 2.45) is 10.2 Å². The maximum absolute atomic E-state index is 12.9. The van der Waals surface area contributed by atoms with E-state index >= 15 is 0 Å². The van der Waals surface area contributed by atoms with E-state index in [0.29, 0.717) is 32.1 Å². The number of aliphatic hydroxyl groups is 1. The number of nitrogens with one attached hydrogen (secondary N) is 1. The zero-order chi connectivity index (χ0) is 57.1. The van der Waals surface area contributed by atoms with E-state index in [2.05, 4.69) is 105 Å². The molecule has 0 bridgehead atoms. The fraction of sp³-hybridized carbons (Fsp3) is 0.696. The minimum absolute atomic E-state index is 0. The lowest BCUT2D eigenvalue weighted by molar-refractivity contribution is -0.150. The number of esters is 2. The van der Waals surface area contributed by atoms with Gasteiger partial charge < -0.3 is 29.4 Å². The summed E-state index contributed by atoms with van der Waals surface area (Å²) in [5, 5.41) is 18.4. The van der Waals surface area contributed by atoms with Crippen molar-refractivity contribution in [3.8, 4) is 72.1 Å². The number of hydrogen-bond donors (Lipinski definition) is 2. The number of phosphoric ester groups is 1. The number of amides is 1. The zero-order valence-electron chi connectivity index (χ0n) is 45.7. The highest BCUT2D eigenvalue weighted by molar-refractivity contribution is 7.48. The molecule has 0 aliphatic heterocycles. The van der Waals surface area contributed by atoms with Crippen molar-refractivity contribution in [1.29, 1.82) is 0 Å². The van der Waals surface area contributed by atoms with Gasteiger partial charge in [-0.15, -0.1) is 19.4 Å². The van der Waals surface area contributed by atoms with Crippen molar-refractivity contribution >= 4 is 33.4 Å². The number of phosphoric acid groups is 1. The monoisotopic (exact) mass is 1110 g/mol. The molecular weight excluding hydrogens is 1000 g/mol. The smallest absolute Gasteiger partial charge is 0.461 e. The van der Waals surface area contributed by atoms with Crippen LogP contribution in [0.15, 0.2) is 22.9 Å². The van der Waals surface area contributed by atoms with Gasteiger partial charge in [0, 0.05) is 69.2 Å². The van der Waals surface area contributed by atoms with E-state index in [1.807, 2.05) is 0 Å². The Bertz CT molecular complexity index is 2160. The summed E-state index contributed by atoms with van der Waals surface area (Å²) in [6, 6.07) is -1.51. The van der Waals surface area contributed by atoms with Crippen LogP contribution in [0.5, 0.6) is 0 Å². The molecule has 2 N–H and O–H groups in total. The molecule has 1 amide bonds. The molecule has 0 aromatic rings. The van der Waals surface area contributed by atoms with Gasteiger partial charge in [0.2, 0.25) is 0 Å². The lowest BCUT2D eigenvalue weighted by Crippen LogP contribution is -2.26. The summed E-state index contributed by atoms with van der Waals surface area (Å²) in [5.74, 6) is 23.9. The standard InChI is InChI=1S/C31H46BN4O8P.C25H37N3O4.10H2/c1-4-7-9-11-12-13-14-16-18-20-30(37)44-29(19-17-15-10-8-5-2)21-24-40-26-28(35-36-33)27-43-45(39,41-23-6-3)42-25-22-34-31(32)38;1-3-5-7-9-10-11-12-14-16-18-25(30)32-24(17-15-13-8-6-4-2)19-20-31-22-23(21-29)27-28-26;;;;;;;;;;/h2,6,28-29H,3-4,7,9,11-14,16,18-27H2,1H3,(H,34,38);2,23-24,29H,3,5,7,9-12,14,16-22H2,1H3;10*1H/t28-,29-,45?;23-,24+;;;;;;;;;;/m10........../s1. The number of azide groups is 2. The second-order valence-corrected chi connectivity index (χ2v) is 18.9. The van der Waals surface area contributed by atoms with Crippen LogP contribution >= 0.6 is 7.82 Å². The van der Waals surface area contributed by atoms with E-state index in [1.165, 1.54) is 83.1 Å². The topological polar surface area (TPSA) is 263 Å². The molecule has 21 heteroatoms. The number of carbonyl (C=O) groups is 3. The summed E-state index contributed by atoms with van der Waals surface area (Å²) in [4.78, 5) is 40.9. The Morgan fingerprint density at radius 1 is 0.662 bits per heavy atom. The molecule has 5 atom stereocenters. The molecule has 2 radical (unpaired) electrons. The number of ether oxygens (including phenoxy) is 4. The average Bonchev–Trinajstić information content (AvgIpc) is 3.41. The highest BCUT2D eigenvalue weighted by Gasteiger charge is 2.28. The Kier molecular flexibility index (Phi) is 53.6. The Morgan fingerprint density at radius 3 is 1.52 bits per heavy atom. The highest BCUT2D eigenvalue weighted by atomic mass is 31.2. The second kappa shape index (κ2) is 56.4. The molecule has 19 nitrogen and oxygen atoms in total. The number of hydrogen-bond acceptors (Lipinski definition) is 14. The van der Waals surface area contributed by atoms with E-state index in [9.17, 15) is 18.9 Å². The summed E-state index contributed by atoms with van der Waals surface area (Å²) < 4.78 is 50.8. The summed E-state index contributed by atoms with van der Waals surface area (Å²) in [5.41, 5.74) is 17.4. The van der Waals surface area contributed by atoms with Crippen LogP contribution in [0.4, 0.5) is 4.79 Å². The molecule has 442 valence electrons. The SMILES string of the molecule is C#CC#CC#CC[C@H](CCOC[C@H](CO)N=[N+]=[N-])OC(=O)CCCCCCCCCCC.[B]C(=O)NCCOP(=O)(OCC=C)OC[C@@H](COCC[C@@H](CC#CC#CC#C)OC(=O)CCCCCCCCCCC)N=[N+]=[N-].[HH].[HH].[HH].[HH].[HH].[HH].[HH].[HH].[HH].[HH]. The Balaban J connectivity index is -0.000000121. The van der Waals surface area contributed by atoms with Gasteiger partial charge in [0.25, 0.3) is 0 Å². The molecule has 77 heavy (non-hydrogen) atoms. The van der Waals surface area contributed by atoms with Gasteiger partial charge in [0.1, 0.15) is 12.2 Å². The van der Waals surface area contributed by atoms with E-state index in [1.54, 1.807) is 0 Å². The third-order valence-corrected chi connectivity index (χ3v) is 12.1. The first-order valence-corrected chi connectivity index (χ1v) is 28.2. The van der Waals surface area contributed by atoms with Crippen molar-refractivity contribution in [3.63, 3.8) is 0 Å². The van der Waals surface area contributed by atoms with E-state index in [4.69, 9.17) is 69.4 Å². The van der Waals surface area contributed by atoms with E-state index in [0.717, 1.165) is 38.5 Å². The minimum Gasteiger partial charge on any atom is -0.461 e. The fourth-order valence-electron chi connectivity index (χ4n) is 6.62. The first-order valence-electron chi connectivity index (χ1n) is 26.8. The van der Waals surface area contributed by atoms with Gasteiger partial charge in [-0.25, -0.2) is 4.57 Å². The predicted molar refractivity (Wildman–Crippen MR) is 321 cm³/mol. The number of aliphatic hydroxyl groups excluding tert-OH is 1.